The molecule has 0 radical (unpaired) electrons. The van der Waals surface area contributed by atoms with E-state index in [1.807, 2.05) is 12.1 Å². The Morgan fingerprint density at radius 2 is 2.10 bits per heavy atom. The number of ether oxygens (including phenoxy) is 2. The van der Waals surface area contributed by atoms with Crippen molar-refractivity contribution in [3.05, 3.63) is 22.7 Å². The lowest BCUT2D eigenvalue weighted by atomic mass is 9.94. The Morgan fingerprint density at radius 1 is 1.33 bits per heavy atom. The Morgan fingerprint density at radius 3 is 2.81 bits per heavy atom. The molecule has 0 aromatic heterocycles. The molecule has 1 unspecified atom stereocenters. The lowest BCUT2D eigenvalue weighted by molar-refractivity contribution is 0.214. The third-order valence-electron chi connectivity index (χ3n) is 4.03. The maximum Gasteiger partial charge on any atom is 0.179 e. The minimum Gasteiger partial charge on any atom is -0.489 e. The quantitative estimate of drug-likeness (QED) is 0.847. The van der Waals surface area contributed by atoms with Crippen LogP contribution in [0.2, 0.25) is 5.02 Å². The number of rotatable bonds is 6. The second-order valence-corrected chi connectivity index (χ2v) is 6.10. The number of aliphatic hydroxyl groups excluding tert-OH is 1. The molecular formula is C16H24ClNO3. The molecule has 0 aliphatic carbocycles. The van der Waals surface area contributed by atoms with E-state index in [4.69, 9.17) is 26.2 Å². The molecule has 2 rings (SSSR count). The minimum absolute atomic E-state index is 0.0780. The van der Waals surface area contributed by atoms with Gasteiger partial charge in [-0.1, -0.05) is 18.5 Å². The highest BCUT2D eigenvalue weighted by Crippen LogP contribution is 2.38. The molecule has 0 amide bonds. The molecule has 2 N–H and O–H groups in total. The van der Waals surface area contributed by atoms with E-state index in [1.54, 1.807) is 0 Å². The Kier molecular flexibility index (Phi) is 5.73. The minimum atomic E-state index is -0.0780. The number of fused-ring (bicyclic) bond motifs is 1. The largest absolute Gasteiger partial charge is 0.489 e. The van der Waals surface area contributed by atoms with E-state index in [0.29, 0.717) is 30.5 Å². The van der Waals surface area contributed by atoms with Crippen LogP contribution in [0.1, 0.15) is 38.7 Å². The first-order valence-corrected chi connectivity index (χ1v) is 7.89. The predicted molar refractivity (Wildman–Crippen MR) is 84.3 cm³/mol. The SMILES string of the molecule is CCC(C)(CCO)NCc1cc(Cl)c2c(c1)OCCCO2. The van der Waals surface area contributed by atoms with E-state index >= 15 is 0 Å². The molecule has 1 aromatic carbocycles. The van der Waals surface area contributed by atoms with E-state index in [9.17, 15) is 0 Å². The first-order valence-electron chi connectivity index (χ1n) is 7.52. The molecule has 0 bridgehead atoms. The predicted octanol–water partition coefficient (Wildman–Crippen LogP) is 3.14. The second kappa shape index (κ2) is 7.34. The topological polar surface area (TPSA) is 50.7 Å². The lowest BCUT2D eigenvalue weighted by Gasteiger charge is -2.29. The Bertz CT molecular complexity index is 481. The summed E-state index contributed by atoms with van der Waals surface area (Å²) in [6.45, 7) is 6.38. The molecule has 0 spiro atoms. The van der Waals surface area contributed by atoms with Crippen LogP contribution in [0.4, 0.5) is 0 Å². The monoisotopic (exact) mass is 313 g/mol. The molecule has 0 saturated carbocycles. The molecule has 5 heteroatoms. The van der Waals surface area contributed by atoms with Gasteiger partial charge in [0, 0.05) is 25.1 Å². The van der Waals surface area contributed by atoms with Gasteiger partial charge in [0.1, 0.15) is 0 Å². The molecular weight excluding hydrogens is 290 g/mol. The zero-order chi connectivity index (χ0) is 15.3. The Balaban J connectivity index is 2.10. The lowest BCUT2D eigenvalue weighted by Crippen LogP contribution is -2.42. The van der Waals surface area contributed by atoms with Crippen molar-refractivity contribution < 1.29 is 14.6 Å². The molecule has 1 aromatic rings. The van der Waals surface area contributed by atoms with Crippen molar-refractivity contribution in [2.75, 3.05) is 19.8 Å². The van der Waals surface area contributed by atoms with Crippen molar-refractivity contribution in [2.24, 2.45) is 0 Å². The van der Waals surface area contributed by atoms with E-state index < -0.39 is 0 Å². The number of aliphatic hydroxyl groups is 1. The highest BCUT2D eigenvalue weighted by Gasteiger charge is 2.21. The molecule has 4 nitrogen and oxygen atoms in total. The Labute approximate surface area is 131 Å². The summed E-state index contributed by atoms with van der Waals surface area (Å²) >= 11 is 6.29. The van der Waals surface area contributed by atoms with Crippen LogP contribution in [-0.4, -0.2) is 30.5 Å². The van der Waals surface area contributed by atoms with Gasteiger partial charge in [-0.05, 0) is 37.5 Å². The average molecular weight is 314 g/mol. The zero-order valence-electron chi connectivity index (χ0n) is 12.7. The van der Waals surface area contributed by atoms with Crippen LogP contribution >= 0.6 is 11.6 Å². The molecule has 0 fully saturated rings. The molecule has 1 aliphatic rings. The fraction of sp³-hybridized carbons (Fsp3) is 0.625. The average Bonchev–Trinajstić information content (AvgIpc) is 2.71. The van der Waals surface area contributed by atoms with Gasteiger partial charge in [-0.3, -0.25) is 0 Å². The fourth-order valence-electron chi connectivity index (χ4n) is 2.34. The summed E-state index contributed by atoms with van der Waals surface area (Å²) in [7, 11) is 0. The van der Waals surface area contributed by atoms with Crippen LogP contribution in [0.5, 0.6) is 11.5 Å². The summed E-state index contributed by atoms with van der Waals surface area (Å²) in [5.74, 6) is 1.36. The summed E-state index contributed by atoms with van der Waals surface area (Å²) in [6, 6.07) is 3.89. The van der Waals surface area contributed by atoms with Crippen molar-refractivity contribution >= 4 is 11.6 Å². The third-order valence-corrected chi connectivity index (χ3v) is 4.31. The highest BCUT2D eigenvalue weighted by atomic mass is 35.5. The first kappa shape index (κ1) is 16.4. The van der Waals surface area contributed by atoms with Crippen molar-refractivity contribution in [1.82, 2.24) is 5.32 Å². The van der Waals surface area contributed by atoms with Gasteiger partial charge in [0.2, 0.25) is 0 Å². The summed E-state index contributed by atoms with van der Waals surface area (Å²) in [4.78, 5) is 0. The highest BCUT2D eigenvalue weighted by molar-refractivity contribution is 6.32. The number of nitrogens with one attached hydrogen (secondary N) is 1. The molecule has 1 aliphatic heterocycles. The smallest absolute Gasteiger partial charge is 0.179 e. The second-order valence-electron chi connectivity index (χ2n) is 5.70. The van der Waals surface area contributed by atoms with Gasteiger partial charge in [-0.15, -0.1) is 0 Å². The van der Waals surface area contributed by atoms with Gasteiger partial charge >= 0.3 is 0 Å². The Hall–Kier alpha value is -0.970. The van der Waals surface area contributed by atoms with Crippen molar-refractivity contribution in [2.45, 2.75) is 45.2 Å². The molecule has 1 atom stereocenters. The molecule has 1 heterocycles. The zero-order valence-corrected chi connectivity index (χ0v) is 13.5. The number of halogens is 1. The number of hydrogen-bond donors (Lipinski definition) is 2. The summed E-state index contributed by atoms with van der Waals surface area (Å²) in [5, 5.41) is 13.3. The van der Waals surface area contributed by atoms with Crippen LogP contribution in [0, 0.1) is 0 Å². The van der Waals surface area contributed by atoms with Crippen LogP contribution in [0.25, 0.3) is 0 Å². The van der Waals surface area contributed by atoms with Gasteiger partial charge in [0.15, 0.2) is 11.5 Å². The molecule has 118 valence electrons. The van der Waals surface area contributed by atoms with Crippen molar-refractivity contribution in [3.63, 3.8) is 0 Å². The normalized spacial score (nSPS) is 17.1. The molecule has 0 saturated heterocycles. The summed E-state index contributed by atoms with van der Waals surface area (Å²) in [6.07, 6.45) is 2.54. The van der Waals surface area contributed by atoms with Gasteiger partial charge in [-0.25, -0.2) is 0 Å². The number of benzene rings is 1. The molecule has 21 heavy (non-hydrogen) atoms. The van der Waals surface area contributed by atoms with Gasteiger partial charge in [0.25, 0.3) is 0 Å². The summed E-state index contributed by atoms with van der Waals surface area (Å²) in [5.41, 5.74) is 0.979. The third kappa shape index (κ3) is 4.25. The van der Waals surface area contributed by atoms with E-state index in [2.05, 4.69) is 19.2 Å². The van der Waals surface area contributed by atoms with Gasteiger partial charge < -0.3 is 19.9 Å². The van der Waals surface area contributed by atoms with Crippen molar-refractivity contribution in [1.29, 1.82) is 0 Å². The summed E-state index contributed by atoms with van der Waals surface area (Å²) < 4.78 is 11.3. The maximum atomic E-state index is 9.17. The standard InChI is InChI=1S/C16H24ClNO3/c1-3-16(2,5-6-19)18-11-12-9-13(17)15-14(10-12)20-7-4-8-21-15/h9-10,18-19H,3-8,11H2,1-2H3. The van der Waals surface area contributed by atoms with Crippen LogP contribution in [0.15, 0.2) is 12.1 Å². The van der Waals surface area contributed by atoms with Crippen molar-refractivity contribution in [3.8, 4) is 11.5 Å². The number of hydrogen-bond acceptors (Lipinski definition) is 4. The van der Waals surface area contributed by atoms with E-state index in [0.717, 1.165) is 30.6 Å². The fourth-order valence-corrected chi connectivity index (χ4v) is 2.63. The first-order chi connectivity index (χ1) is 10.1. The maximum absolute atomic E-state index is 9.17. The van der Waals surface area contributed by atoms with Gasteiger partial charge in [-0.2, -0.15) is 0 Å². The van der Waals surface area contributed by atoms with Gasteiger partial charge in [0.05, 0.1) is 18.2 Å². The van der Waals surface area contributed by atoms with E-state index in [-0.39, 0.29) is 12.1 Å². The van der Waals surface area contributed by atoms with E-state index in [1.165, 1.54) is 0 Å². The van der Waals surface area contributed by atoms with Crippen LogP contribution in [0.3, 0.4) is 0 Å². The van der Waals surface area contributed by atoms with Crippen LogP contribution < -0.4 is 14.8 Å². The van der Waals surface area contributed by atoms with Crippen LogP contribution in [-0.2, 0) is 6.54 Å².